The van der Waals surface area contributed by atoms with E-state index < -0.39 is 0 Å². The predicted octanol–water partition coefficient (Wildman–Crippen LogP) is 2.99. The van der Waals surface area contributed by atoms with E-state index >= 15 is 0 Å². The van der Waals surface area contributed by atoms with Crippen molar-refractivity contribution in [3.8, 4) is 5.75 Å². The Kier molecular flexibility index (Phi) is 4.12. The molecule has 1 aliphatic rings. The Balaban J connectivity index is 2.28. The van der Waals surface area contributed by atoms with Crippen molar-refractivity contribution >= 4 is 17.5 Å². The van der Waals surface area contributed by atoms with Gasteiger partial charge in [0.05, 0.1) is 12.6 Å². The molecule has 1 N–H and O–H groups in total. The number of hydrogen-bond acceptors (Lipinski definition) is 2. The molecule has 0 radical (unpaired) electrons. The van der Waals surface area contributed by atoms with Gasteiger partial charge in [0.2, 0.25) is 5.91 Å². The highest BCUT2D eigenvalue weighted by molar-refractivity contribution is 6.27. The zero-order valence-electron chi connectivity index (χ0n) is 10.7. The number of ether oxygens (including phenoxy) is 1. The van der Waals surface area contributed by atoms with E-state index in [4.69, 9.17) is 16.3 Å². The lowest BCUT2D eigenvalue weighted by atomic mass is 9.94. The third-order valence-corrected chi connectivity index (χ3v) is 3.44. The summed E-state index contributed by atoms with van der Waals surface area (Å²) >= 11 is 5.54. The minimum Gasteiger partial charge on any atom is -0.493 e. The van der Waals surface area contributed by atoms with E-state index in [1.165, 1.54) is 5.56 Å². The molecule has 0 saturated heterocycles. The molecular weight excluding hydrogens is 250 g/mol. The molecule has 98 valence electrons. The number of hydrogen-bond donors (Lipinski definition) is 1. The Labute approximate surface area is 112 Å². The quantitative estimate of drug-likeness (QED) is 0.855. The lowest BCUT2D eigenvalue weighted by Gasteiger charge is -2.27. The first kappa shape index (κ1) is 13.2. The topological polar surface area (TPSA) is 38.3 Å². The van der Waals surface area contributed by atoms with E-state index in [1.54, 1.807) is 0 Å². The van der Waals surface area contributed by atoms with E-state index in [2.05, 4.69) is 31.3 Å². The zero-order chi connectivity index (χ0) is 13.1. The van der Waals surface area contributed by atoms with Crippen LogP contribution < -0.4 is 10.1 Å². The summed E-state index contributed by atoms with van der Waals surface area (Å²) in [4.78, 5) is 11.4. The van der Waals surface area contributed by atoms with Gasteiger partial charge in [0.25, 0.3) is 0 Å². The van der Waals surface area contributed by atoms with Gasteiger partial charge >= 0.3 is 0 Å². The van der Waals surface area contributed by atoms with E-state index in [-0.39, 0.29) is 17.8 Å². The number of carbonyl (C=O) groups excluding carboxylic acids is 1. The fraction of sp³-hybridized carbons (Fsp3) is 0.500. The van der Waals surface area contributed by atoms with Crippen LogP contribution in [0.1, 0.15) is 43.4 Å². The van der Waals surface area contributed by atoms with Crippen LogP contribution in [0.2, 0.25) is 0 Å². The van der Waals surface area contributed by atoms with Gasteiger partial charge in [-0.25, -0.2) is 0 Å². The highest BCUT2D eigenvalue weighted by atomic mass is 35.5. The van der Waals surface area contributed by atoms with Crippen molar-refractivity contribution in [1.29, 1.82) is 0 Å². The Morgan fingerprint density at radius 2 is 2.33 bits per heavy atom. The molecule has 0 unspecified atom stereocenters. The van der Waals surface area contributed by atoms with E-state index in [0.717, 1.165) is 17.7 Å². The van der Waals surface area contributed by atoms with E-state index in [9.17, 15) is 4.79 Å². The maximum atomic E-state index is 11.4. The maximum absolute atomic E-state index is 11.4. The van der Waals surface area contributed by atoms with Gasteiger partial charge in [-0.3, -0.25) is 4.79 Å². The number of rotatable bonds is 3. The second-order valence-corrected chi connectivity index (χ2v) is 5.11. The second kappa shape index (κ2) is 5.61. The van der Waals surface area contributed by atoms with Gasteiger partial charge in [0.1, 0.15) is 11.6 Å². The van der Waals surface area contributed by atoms with Gasteiger partial charge in [0.15, 0.2) is 0 Å². The van der Waals surface area contributed by atoms with E-state index in [1.807, 2.05) is 6.07 Å². The summed E-state index contributed by atoms with van der Waals surface area (Å²) in [5.41, 5.74) is 2.32. The molecule has 0 spiro atoms. The predicted molar refractivity (Wildman–Crippen MR) is 72.2 cm³/mol. The summed E-state index contributed by atoms with van der Waals surface area (Å²) in [6.07, 6.45) is 0.789. The van der Waals surface area contributed by atoms with Crippen LogP contribution in [0.4, 0.5) is 0 Å². The fourth-order valence-corrected chi connectivity index (χ4v) is 2.23. The average molecular weight is 268 g/mol. The third-order valence-electron chi connectivity index (χ3n) is 3.20. The minimum atomic E-state index is -0.135. The number of halogens is 1. The number of alkyl halides is 1. The van der Waals surface area contributed by atoms with Crippen molar-refractivity contribution in [3.05, 3.63) is 29.3 Å². The highest BCUT2D eigenvalue weighted by Gasteiger charge is 2.23. The summed E-state index contributed by atoms with van der Waals surface area (Å²) in [5, 5.41) is 2.94. The lowest BCUT2D eigenvalue weighted by Crippen LogP contribution is -2.32. The zero-order valence-corrected chi connectivity index (χ0v) is 11.5. The molecule has 0 aromatic heterocycles. The summed E-state index contributed by atoms with van der Waals surface area (Å²) in [6.45, 7) is 4.93. The van der Waals surface area contributed by atoms with Crippen LogP contribution in [-0.2, 0) is 4.79 Å². The number of fused-ring (bicyclic) bond motifs is 1. The number of amides is 1. The third kappa shape index (κ3) is 2.78. The lowest BCUT2D eigenvalue weighted by molar-refractivity contribution is -0.119. The number of benzene rings is 1. The Morgan fingerprint density at radius 1 is 1.56 bits per heavy atom. The first-order valence-corrected chi connectivity index (χ1v) is 6.77. The van der Waals surface area contributed by atoms with Gasteiger partial charge in [-0.15, -0.1) is 11.6 Å². The van der Waals surface area contributed by atoms with Crippen LogP contribution in [0.15, 0.2) is 18.2 Å². The molecule has 4 heteroatoms. The fourth-order valence-electron chi connectivity index (χ4n) is 2.15. The van der Waals surface area contributed by atoms with Gasteiger partial charge < -0.3 is 10.1 Å². The van der Waals surface area contributed by atoms with Crippen molar-refractivity contribution in [2.75, 3.05) is 12.5 Å². The van der Waals surface area contributed by atoms with Gasteiger partial charge in [0, 0.05) is 12.0 Å². The molecule has 2 rings (SSSR count). The highest BCUT2D eigenvalue weighted by Crippen LogP contribution is 2.34. The van der Waals surface area contributed by atoms with Crippen molar-refractivity contribution in [2.24, 2.45) is 0 Å². The average Bonchev–Trinajstić information content (AvgIpc) is 2.38. The summed E-state index contributed by atoms with van der Waals surface area (Å²) in [7, 11) is 0. The van der Waals surface area contributed by atoms with Crippen molar-refractivity contribution in [1.82, 2.24) is 5.32 Å². The normalized spacial score (nSPS) is 18.1. The smallest absolute Gasteiger partial charge is 0.235 e. The Hall–Kier alpha value is -1.22. The first-order valence-electron chi connectivity index (χ1n) is 6.23. The van der Waals surface area contributed by atoms with Crippen molar-refractivity contribution in [3.63, 3.8) is 0 Å². The van der Waals surface area contributed by atoms with Gasteiger partial charge in [-0.05, 0) is 23.6 Å². The summed E-state index contributed by atoms with van der Waals surface area (Å²) < 4.78 is 5.62. The SMILES string of the molecule is CC(C)c1ccc2c(c1)[C@H](NC(=O)CCl)CCO2. The largest absolute Gasteiger partial charge is 0.493 e. The molecule has 0 saturated carbocycles. The molecule has 1 aliphatic heterocycles. The van der Waals surface area contributed by atoms with Crippen LogP contribution in [0.3, 0.4) is 0 Å². The number of carbonyl (C=O) groups is 1. The molecule has 18 heavy (non-hydrogen) atoms. The van der Waals surface area contributed by atoms with E-state index in [0.29, 0.717) is 12.5 Å². The molecule has 0 aliphatic carbocycles. The second-order valence-electron chi connectivity index (χ2n) is 4.84. The number of nitrogens with one attached hydrogen (secondary N) is 1. The molecule has 1 atom stereocenters. The molecular formula is C14H18ClNO2. The van der Waals surface area contributed by atoms with Crippen LogP contribution in [0.25, 0.3) is 0 Å². The standard InChI is InChI=1S/C14H18ClNO2/c1-9(2)10-3-4-13-11(7-10)12(5-6-18-13)16-14(17)8-15/h3-4,7,9,12H,5-6,8H2,1-2H3,(H,16,17)/t12-/m1/s1. The van der Waals surface area contributed by atoms with Gasteiger partial charge in [-0.1, -0.05) is 19.9 Å². The Morgan fingerprint density at radius 3 is 3.00 bits per heavy atom. The molecule has 0 fully saturated rings. The summed E-state index contributed by atoms with van der Waals surface area (Å²) in [6, 6.07) is 6.20. The molecule has 1 aromatic rings. The van der Waals surface area contributed by atoms with Crippen LogP contribution >= 0.6 is 11.6 Å². The van der Waals surface area contributed by atoms with Crippen molar-refractivity contribution in [2.45, 2.75) is 32.2 Å². The van der Waals surface area contributed by atoms with Crippen LogP contribution in [0.5, 0.6) is 5.75 Å². The molecule has 3 nitrogen and oxygen atoms in total. The van der Waals surface area contributed by atoms with Crippen LogP contribution in [-0.4, -0.2) is 18.4 Å². The molecule has 1 amide bonds. The van der Waals surface area contributed by atoms with Crippen molar-refractivity contribution < 1.29 is 9.53 Å². The monoisotopic (exact) mass is 267 g/mol. The van der Waals surface area contributed by atoms with Gasteiger partial charge in [-0.2, -0.15) is 0 Å². The summed E-state index contributed by atoms with van der Waals surface area (Å²) in [5.74, 6) is 1.19. The first-order chi connectivity index (χ1) is 8.61. The molecule has 1 heterocycles. The molecule has 0 bridgehead atoms. The minimum absolute atomic E-state index is 0.00341. The van der Waals surface area contributed by atoms with Crippen LogP contribution in [0, 0.1) is 0 Å². The molecule has 1 aromatic carbocycles. The Bertz CT molecular complexity index is 445. The maximum Gasteiger partial charge on any atom is 0.235 e.